The third-order valence-corrected chi connectivity index (χ3v) is 5.34. The number of rotatable bonds is 7. The number of amides is 1. The second-order valence-electron chi connectivity index (χ2n) is 6.15. The van der Waals surface area contributed by atoms with Crippen molar-refractivity contribution in [1.82, 2.24) is 16.0 Å². The quantitative estimate of drug-likeness (QED) is 0.343. The first-order chi connectivity index (χ1) is 12.2. The molecule has 0 spiro atoms. The smallest absolute Gasteiger partial charge is 0.223 e. The Kier molecular flexibility index (Phi) is 5.88. The zero-order valence-corrected chi connectivity index (χ0v) is 15.1. The first-order valence-electron chi connectivity index (χ1n) is 8.56. The normalized spacial score (nSPS) is 15.8. The summed E-state index contributed by atoms with van der Waals surface area (Å²) >= 11 is 1.60. The Labute approximate surface area is 151 Å². The number of thiophene rings is 1. The minimum Gasteiger partial charge on any atom is -0.386 e. The van der Waals surface area contributed by atoms with Gasteiger partial charge in [-0.1, -0.05) is 18.2 Å². The zero-order chi connectivity index (χ0) is 17.6. The molecule has 0 bridgehead atoms. The number of hydrogen-bond acceptors (Lipinski definition) is 4. The predicted molar refractivity (Wildman–Crippen MR) is 102 cm³/mol. The molecule has 1 aliphatic rings. The summed E-state index contributed by atoms with van der Waals surface area (Å²) in [5.41, 5.74) is 0. The Morgan fingerprint density at radius 2 is 2.04 bits per heavy atom. The number of carbonyl (C=O) groups excluding carboxylic acids is 1. The van der Waals surface area contributed by atoms with Gasteiger partial charge in [-0.25, -0.2) is 0 Å². The van der Waals surface area contributed by atoms with Crippen molar-refractivity contribution in [3.63, 3.8) is 0 Å². The van der Waals surface area contributed by atoms with E-state index in [0.29, 0.717) is 25.6 Å². The summed E-state index contributed by atoms with van der Waals surface area (Å²) in [5, 5.41) is 20.7. The Morgan fingerprint density at radius 1 is 1.28 bits per heavy atom. The summed E-state index contributed by atoms with van der Waals surface area (Å²) in [6.45, 7) is 1.53. The highest BCUT2D eigenvalue weighted by atomic mass is 32.1. The van der Waals surface area contributed by atoms with Crippen molar-refractivity contribution in [2.24, 2.45) is 10.9 Å². The highest BCUT2D eigenvalue weighted by Crippen LogP contribution is 2.29. The van der Waals surface area contributed by atoms with Gasteiger partial charge in [-0.2, -0.15) is 0 Å². The monoisotopic (exact) mass is 360 g/mol. The maximum atomic E-state index is 11.5. The maximum Gasteiger partial charge on any atom is 0.223 e. The van der Waals surface area contributed by atoms with E-state index in [-0.39, 0.29) is 11.8 Å². The fourth-order valence-electron chi connectivity index (χ4n) is 2.54. The van der Waals surface area contributed by atoms with Crippen LogP contribution in [-0.4, -0.2) is 43.7 Å². The van der Waals surface area contributed by atoms with Gasteiger partial charge in [0, 0.05) is 42.2 Å². The number of benzene rings is 1. The first-order valence-corrected chi connectivity index (χ1v) is 9.38. The van der Waals surface area contributed by atoms with Crippen LogP contribution in [0.25, 0.3) is 10.1 Å². The van der Waals surface area contributed by atoms with Gasteiger partial charge in [0.05, 0.1) is 0 Å². The van der Waals surface area contributed by atoms with Gasteiger partial charge >= 0.3 is 0 Å². The number of carbonyl (C=O) groups is 1. The number of hydrogen-bond donors (Lipinski definition) is 4. The van der Waals surface area contributed by atoms with Crippen LogP contribution in [0, 0.1) is 5.92 Å². The molecule has 0 saturated heterocycles. The summed E-state index contributed by atoms with van der Waals surface area (Å²) in [6.07, 6.45) is 1.43. The van der Waals surface area contributed by atoms with Crippen LogP contribution < -0.4 is 16.0 Å². The third kappa shape index (κ3) is 4.93. The van der Waals surface area contributed by atoms with E-state index >= 15 is 0 Å². The van der Waals surface area contributed by atoms with E-state index < -0.39 is 6.10 Å². The maximum absolute atomic E-state index is 11.5. The predicted octanol–water partition coefficient (Wildman–Crippen LogP) is 1.63. The molecule has 1 atom stereocenters. The van der Waals surface area contributed by atoms with E-state index in [2.05, 4.69) is 27.0 Å². The molecule has 25 heavy (non-hydrogen) atoms. The van der Waals surface area contributed by atoms with E-state index in [0.717, 1.165) is 23.1 Å². The lowest BCUT2D eigenvalue weighted by atomic mass is 10.2. The molecular formula is C18H24N4O2S. The van der Waals surface area contributed by atoms with Crippen LogP contribution in [0.5, 0.6) is 0 Å². The van der Waals surface area contributed by atoms with Gasteiger partial charge in [0.25, 0.3) is 0 Å². The van der Waals surface area contributed by atoms with Crippen LogP contribution in [0.15, 0.2) is 35.3 Å². The van der Waals surface area contributed by atoms with Gasteiger partial charge in [-0.15, -0.1) is 11.3 Å². The molecule has 3 rings (SSSR count). The van der Waals surface area contributed by atoms with Crippen molar-refractivity contribution in [2.75, 3.05) is 26.7 Å². The van der Waals surface area contributed by atoms with Crippen molar-refractivity contribution in [1.29, 1.82) is 0 Å². The Bertz CT molecular complexity index is 721. The second kappa shape index (κ2) is 8.31. The average molecular weight is 360 g/mol. The van der Waals surface area contributed by atoms with Crippen LogP contribution in [0.1, 0.15) is 23.8 Å². The van der Waals surface area contributed by atoms with E-state index in [4.69, 9.17) is 0 Å². The number of guanidine groups is 1. The van der Waals surface area contributed by atoms with Gasteiger partial charge in [-0.05, 0) is 30.4 Å². The molecule has 1 amide bonds. The Hall–Kier alpha value is -2.12. The van der Waals surface area contributed by atoms with E-state index in [1.165, 1.54) is 4.70 Å². The van der Waals surface area contributed by atoms with Crippen LogP contribution in [0.4, 0.5) is 0 Å². The summed E-state index contributed by atoms with van der Waals surface area (Å²) in [4.78, 5) is 16.6. The molecule has 1 aromatic carbocycles. The lowest BCUT2D eigenvalue weighted by Gasteiger charge is -2.14. The van der Waals surface area contributed by atoms with Crippen molar-refractivity contribution in [2.45, 2.75) is 18.9 Å². The summed E-state index contributed by atoms with van der Waals surface area (Å²) in [5.74, 6) is 0.986. The number of aliphatic hydroxyl groups excluding tert-OH is 1. The zero-order valence-electron chi connectivity index (χ0n) is 14.3. The van der Waals surface area contributed by atoms with Crippen molar-refractivity contribution in [3.05, 3.63) is 35.2 Å². The molecule has 1 fully saturated rings. The SMILES string of the molecule is CN=C(NCCNC(=O)C1CC1)NCC(O)c1cc2ccccc2s1. The topological polar surface area (TPSA) is 85.8 Å². The van der Waals surface area contributed by atoms with Gasteiger partial charge in [0.1, 0.15) is 6.10 Å². The molecule has 2 aromatic rings. The molecule has 1 heterocycles. The third-order valence-electron chi connectivity index (χ3n) is 4.12. The van der Waals surface area contributed by atoms with Crippen LogP contribution >= 0.6 is 11.3 Å². The average Bonchev–Trinajstić information content (AvgIpc) is 3.39. The van der Waals surface area contributed by atoms with Gasteiger partial charge in [0.2, 0.25) is 5.91 Å². The number of nitrogens with one attached hydrogen (secondary N) is 3. The standard InChI is InChI=1S/C18H24N4O2S/c1-19-18(21-9-8-20-17(24)12-6-7-12)22-11-14(23)16-10-13-4-2-3-5-15(13)25-16/h2-5,10,12,14,23H,6-9,11H2,1H3,(H,20,24)(H2,19,21,22). The Morgan fingerprint density at radius 3 is 2.76 bits per heavy atom. The molecule has 0 aliphatic heterocycles. The lowest BCUT2D eigenvalue weighted by Crippen LogP contribution is -2.42. The minimum atomic E-state index is -0.592. The molecule has 4 N–H and O–H groups in total. The van der Waals surface area contributed by atoms with Crippen LogP contribution in [0.2, 0.25) is 0 Å². The molecule has 7 heteroatoms. The molecule has 1 aromatic heterocycles. The molecule has 1 saturated carbocycles. The van der Waals surface area contributed by atoms with Gasteiger partial charge in [0.15, 0.2) is 5.96 Å². The van der Waals surface area contributed by atoms with Gasteiger partial charge in [-0.3, -0.25) is 9.79 Å². The lowest BCUT2D eigenvalue weighted by molar-refractivity contribution is -0.122. The molecule has 1 aliphatic carbocycles. The molecule has 134 valence electrons. The number of aliphatic imine (C=N–C) groups is 1. The van der Waals surface area contributed by atoms with Crippen LogP contribution in [-0.2, 0) is 4.79 Å². The largest absolute Gasteiger partial charge is 0.386 e. The van der Waals surface area contributed by atoms with Crippen molar-refractivity contribution < 1.29 is 9.90 Å². The second-order valence-corrected chi connectivity index (χ2v) is 7.26. The fraction of sp³-hybridized carbons (Fsp3) is 0.444. The first kappa shape index (κ1) is 17.7. The van der Waals surface area contributed by atoms with E-state index in [1.54, 1.807) is 18.4 Å². The number of nitrogens with zero attached hydrogens (tertiary/aromatic N) is 1. The summed E-state index contributed by atoms with van der Waals surface area (Å²) in [6, 6.07) is 10.1. The summed E-state index contributed by atoms with van der Waals surface area (Å²) in [7, 11) is 1.68. The van der Waals surface area contributed by atoms with Gasteiger partial charge < -0.3 is 21.1 Å². The van der Waals surface area contributed by atoms with Crippen molar-refractivity contribution >= 4 is 33.3 Å². The van der Waals surface area contributed by atoms with E-state index in [9.17, 15) is 9.90 Å². The molecule has 6 nitrogen and oxygen atoms in total. The van der Waals surface area contributed by atoms with E-state index in [1.807, 2.05) is 24.3 Å². The molecular weight excluding hydrogens is 336 g/mol. The minimum absolute atomic E-state index is 0.143. The molecule has 0 radical (unpaired) electrons. The van der Waals surface area contributed by atoms with Crippen molar-refractivity contribution in [3.8, 4) is 0 Å². The van der Waals surface area contributed by atoms with Crippen LogP contribution in [0.3, 0.4) is 0 Å². The highest BCUT2D eigenvalue weighted by molar-refractivity contribution is 7.19. The summed E-state index contributed by atoms with van der Waals surface area (Å²) < 4.78 is 1.17. The Balaban J connectivity index is 1.41. The fourth-order valence-corrected chi connectivity index (χ4v) is 3.59. The number of fused-ring (bicyclic) bond motifs is 1. The number of aliphatic hydroxyl groups is 1. The highest BCUT2D eigenvalue weighted by Gasteiger charge is 2.28. The molecule has 1 unspecified atom stereocenters.